The first-order chi connectivity index (χ1) is 16.3. The monoisotopic (exact) mass is 480 g/mol. The zero-order valence-electron chi connectivity index (χ0n) is 21.6. The standard InChI is InChI=1S/C28H37FN4O2/c1-17(2)18-10-12-20(13-11-18)33-16-19-14-24(21(28(5,6)35)15-23(19)32-33)31-26(34)22-8-7-9-25(30-22)27(3,4)29/h7-9,14-18,20,35H,10-13H2,1-6H3,(H,31,34)/t18-,20-. The van der Waals surface area contributed by atoms with Crippen molar-refractivity contribution in [1.82, 2.24) is 14.8 Å². The lowest BCUT2D eigenvalue weighted by Gasteiger charge is -2.30. The van der Waals surface area contributed by atoms with Crippen LogP contribution >= 0.6 is 0 Å². The van der Waals surface area contributed by atoms with Crippen LogP contribution in [-0.4, -0.2) is 25.8 Å². The smallest absolute Gasteiger partial charge is 0.274 e. The highest BCUT2D eigenvalue weighted by atomic mass is 19.1. The lowest BCUT2D eigenvalue weighted by Crippen LogP contribution is -2.22. The Morgan fingerprint density at radius 2 is 1.83 bits per heavy atom. The fourth-order valence-electron chi connectivity index (χ4n) is 5.00. The maximum atomic E-state index is 14.4. The number of aliphatic hydroxyl groups is 1. The number of nitrogens with one attached hydrogen (secondary N) is 1. The van der Waals surface area contributed by atoms with E-state index in [0.717, 1.165) is 29.7 Å². The molecule has 2 aromatic heterocycles. The van der Waals surface area contributed by atoms with Crippen LogP contribution in [0.4, 0.5) is 10.1 Å². The number of amides is 1. The van der Waals surface area contributed by atoms with Crippen LogP contribution in [0.2, 0.25) is 0 Å². The number of anilines is 1. The predicted octanol–water partition coefficient (Wildman–Crippen LogP) is 6.50. The fraction of sp³-hybridized carbons (Fsp3) is 0.536. The Morgan fingerprint density at radius 3 is 2.43 bits per heavy atom. The molecule has 0 unspecified atom stereocenters. The lowest BCUT2D eigenvalue weighted by molar-refractivity contribution is 0.0793. The summed E-state index contributed by atoms with van der Waals surface area (Å²) in [6.07, 6.45) is 6.65. The number of alkyl halides is 1. The van der Waals surface area contributed by atoms with Gasteiger partial charge in [0.25, 0.3) is 5.91 Å². The van der Waals surface area contributed by atoms with Gasteiger partial charge in [-0.15, -0.1) is 0 Å². The second-order valence-electron chi connectivity index (χ2n) is 11.3. The molecule has 1 aromatic carbocycles. The fourth-order valence-corrected chi connectivity index (χ4v) is 5.00. The lowest BCUT2D eigenvalue weighted by atomic mass is 9.80. The second kappa shape index (κ2) is 9.34. The number of hydrogen-bond acceptors (Lipinski definition) is 4. The number of carbonyl (C=O) groups excluding carboxylic acids is 1. The average molecular weight is 481 g/mol. The number of halogens is 1. The van der Waals surface area contributed by atoms with Gasteiger partial charge in [0.2, 0.25) is 0 Å². The van der Waals surface area contributed by atoms with E-state index in [1.807, 2.05) is 18.3 Å². The highest BCUT2D eigenvalue weighted by Gasteiger charge is 2.27. The normalized spacial score (nSPS) is 19.3. The number of carbonyl (C=O) groups is 1. The summed E-state index contributed by atoms with van der Waals surface area (Å²) in [5.74, 6) is 1.02. The Balaban J connectivity index is 1.64. The number of benzene rings is 1. The summed E-state index contributed by atoms with van der Waals surface area (Å²) in [5, 5.41) is 19.5. The van der Waals surface area contributed by atoms with Crippen molar-refractivity contribution in [3.05, 3.63) is 53.5 Å². The predicted molar refractivity (Wildman–Crippen MR) is 137 cm³/mol. The molecule has 2 heterocycles. The Morgan fingerprint density at radius 1 is 1.14 bits per heavy atom. The van der Waals surface area contributed by atoms with Crippen molar-refractivity contribution in [2.24, 2.45) is 11.8 Å². The van der Waals surface area contributed by atoms with E-state index in [9.17, 15) is 14.3 Å². The topological polar surface area (TPSA) is 80.0 Å². The van der Waals surface area contributed by atoms with Crippen molar-refractivity contribution in [2.75, 3.05) is 5.32 Å². The Hall–Kier alpha value is -2.80. The van der Waals surface area contributed by atoms with Gasteiger partial charge < -0.3 is 10.4 Å². The third-order valence-electron chi connectivity index (χ3n) is 7.22. The number of hydrogen-bond donors (Lipinski definition) is 2. The van der Waals surface area contributed by atoms with Gasteiger partial charge in [-0.2, -0.15) is 5.10 Å². The van der Waals surface area contributed by atoms with Gasteiger partial charge in [-0.25, -0.2) is 9.37 Å². The molecule has 2 N–H and O–H groups in total. The Bertz CT molecular complexity index is 1210. The van der Waals surface area contributed by atoms with Gasteiger partial charge in [-0.1, -0.05) is 19.9 Å². The van der Waals surface area contributed by atoms with Crippen molar-refractivity contribution >= 4 is 22.5 Å². The van der Waals surface area contributed by atoms with Gasteiger partial charge in [0.15, 0.2) is 0 Å². The molecule has 1 aliphatic carbocycles. The van der Waals surface area contributed by atoms with E-state index in [-0.39, 0.29) is 11.4 Å². The van der Waals surface area contributed by atoms with E-state index in [0.29, 0.717) is 23.2 Å². The molecule has 0 spiro atoms. The molecule has 7 heteroatoms. The number of rotatable bonds is 6. The molecule has 0 aliphatic heterocycles. The third-order valence-corrected chi connectivity index (χ3v) is 7.22. The van der Waals surface area contributed by atoms with Gasteiger partial charge in [-0.05, 0) is 89.5 Å². The summed E-state index contributed by atoms with van der Waals surface area (Å²) in [5.41, 5.74) is -0.712. The van der Waals surface area contributed by atoms with Crippen LogP contribution in [0.15, 0.2) is 36.5 Å². The highest BCUT2D eigenvalue weighted by Crippen LogP contribution is 2.37. The average Bonchev–Trinajstić information content (AvgIpc) is 3.20. The molecule has 0 atom stereocenters. The van der Waals surface area contributed by atoms with Crippen molar-refractivity contribution in [1.29, 1.82) is 0 Å². The van der Waals surface area contributed by atoms with E-state index in [1.54, 1.807) is 32.0 Å². The van der Waals surface area contributed by atoms with Gasteiger partial charge in [0.1, 0.15) is 11.4 Å². The van der Waals surface area contributed by atoms with E-state index in [1.165, 1.54) is 26.7 Å². The van der Waals surface area contributed by atoms with Crippen LogP contribution in [0.1, 0.15) is 95.0 Å². The molecule has 1 saturated carbocycles. The quantitative estimate of drug-likeness (QED) is 0.422. The van der Waals surface area contributed by atoms with Gasteiger partial charge in [-0.3, -0.25) is 9.48 Å². The van der Waals surface area contributed by atoms with Crippen molar-refractivity contribution in [2.45, 2.75) is 84.5 Å². The molecule has 0 radical (unpaired) electrons. The second-order valence-corrected chi connectivity index (χ2v) is 11.3. The van der Waals surface area contributed by atoms with Crippen LogP contribution in [0, 0.1) is 11.8 Å². The zero-order valence-corrected chi connectivity index (χ0v) is 21.6. The molecule has 4 rings (SSSR count). The van der Waals surface area contributed by atoms with E-state index in [2.05, 4.69) is 28.8 Å². The molecule has 0 saturated heterocycles. The molecule has 1 fully saturated rings. The van der Waals surface area contributed by atoms with Gasteiger partial charge in [0.05, 0.1) is 22.9 Å². The van der Waals surface area contributed by atoms with E-state index in [4.69, 9.17) is 5.10 Å². The van der Waals surface area contributed by atoms with Crippen LogP contribution in [0.5, 0.6) is 0 Å². The Kier molecular flexibility index (Phi) is 6.75. The molecular formula is C28H37FN4O2. The first-order valence-corrected chi connectivity index (χ1v) is 12.6. The summed E-state index contributed by atoms with van der Waals surface area (Å²) in [4.78, 5) is 17.3. The SMILES string of the molecule is CC(C)[C@H]1CC[C@H](n2cc3cc(NC(=O)c4cccc(C(C)(C)F)n4)c(C(C)(C)O)cc3n2)CC1. The molecule has 188 valence electrons. The number of pyridine rings is 1. The minimum atomic E-state index is -1.66. The maximum absolute atomic E-state index is 14.4. The minimum Gasteiger partial charge on any atom is -0.386 e. The van der Waals surface area contributed by atoms with Crippen molar-refractivity contribution < 1.29 is 14.3 Å². The van der Waals surface area contributed by atoms with Crippen LogP contribution < -0.4 is 5.32 Å². The summed E-state index contributed by atoms with van der Waals surface area (Å²) in [6, 6.07) is 8.79. The van der Waals surface area contributed by atoms with Gasteiger partial charge >= 0.3 is 0 Å². The molecule has 1 amide bonds. The molecule has 1 aliphatic rings. The Labute approximate surface area is 207 Å². The number of nitrogens with zero attached hydrogens (tertiary/aromatic N) is 3. The molecule has 6 nitrogen and oxygen atoms in total. The highest BCUT2D eigenvalue weighted by molar-refractivity contribution is 6.04. The molecule has 3 aromatic rings. The van der Waals surface area contributed by atoms with Crippen molar-refractivity contribution in [3.63, 3.8) is 0 Å². The first kappa shape index (κ1) is 25.3. The maximum Gasteiger partial charge on any atom is 0.274 e. The summed E-state index contributed by atoms with van der Waals surface area (Å²) in [6.45, 7) is 10.8. The number of aromatic nitrogens is 3. The zero-order chi connectivity index (χ0) is 25.5. The summed E-state index contributed by atoms with van der Waals surface area (Å²) in [7, 11) is 0. The van der Waals surface area contributed by atoms with Crippen LogP contribution in [0.25, 0.3) is 10.9 Å². The van der Waals surface area contributed by atoms with Crippen molar-refractivity contribution in [3.8, 4) is 0 Å². The molecule has 35 heavy (non-hydrogen) atoms. The number of fused-ring (bicyclic) bond motifs is 1. The van der Waals surface area contributed by atoms with E-state index >= 15 is 0 Å². The molecular weight excluding hydrogens is 443 g/mol. The first-order valence-electron chi connectivity index (χ1n) is 12.6. The largest absolute Gasteiger partial charge is 0.386 e. The van der Waals surface area contributed by atoms with E-state index < -0.39 is 17.2 Å². The van der Waals surface area contributed by atoms with Gasteiger partial charge in [0, 0.05) is 22.8 Å². The minimum absolute atomic E-state index is 0.118. The molecule has 0 bridgehead atoms. The third kappa shape index (κ3) is 5.56. The van der Waals surface area contributed by atoms with Crippen LogP contribution in [-0.2, 0) is 11.3 Å². The summed E-state index contributed by atoms with van der Waals surface area (Å²) >= 11 is 0. The van der Waals surface area contributed by atoms with Crippen LogP contribution in [0.3, 0.4) is 0 Å². The summed E-state index contributed by atoms with van der Waals surface area (Å²) < 4.78 is 16.4.